The van der Waals surface area contributed by atoms with Crippen molar-refractivity contribution in [2.75, 3.05) is 32.9 Å². The highest BCUT2D eigenvalue weighted by Gasteiger charge is 2.63. The number of aliphatic hydroxyl groups is 3. The van der Waals surface area contributed by atoms with Gasteiger partial charge in [-0.05, 0) is 63.9 Å². The van der Waals surface area contributed by atoms with Crippen LogP contribution >= 0.6 is 11.6 Å². The number of phenols is 1. The van der Waals surface area contributed by atoms with Gasteiger partial charge in [-0.2, -0.15) is 0 Å². The second-order valence-corrected chi connectivity index (χ2v) is 15.6. The average Bonchev–Trinajstić information content (AvgIpc) is 2.86. The molecule has 228 valence electrons. The molecule has 6 N–H and O–H groups in total. The molecule has 1 aliphatic heterocycles. The number of hydrogen-bond donors (Lipinski definition) is 5. The zero-order chi connectivity index (χ0) is 31.3. The Hall–Kier alpha value is -2.97. The number of allylic oxidation sites excluding steroid dienone is 1. The zero-order valence-corrected chi connectivity index (χ0v) is 25.2. The summed E-state index contributed by atoms with van der Waals surface area (Å²) in [6.07, 6.45) is 0.0138. The van der Waals surface area contributed by atoms with Gasteiger partial charge in [-0.25, -0.2) is 8.42 Å². The van der Waals surface area contributed by atoms with Crippen LogP contribution in [-0.4, -0.2) is 105 Å². The molecule has 0 aromatic heterocycles. The van der Waals surface area contributed by atoms with Crippen molar-refractivity contribution in [3.63, 3.8) is 0 Å². The number of benzene rings is 1. The molecule has 1 heterocycles. The predicted molar refractivity (Wildman–Crippen MR) is 152 cm³/mol. The fraction of sp³-hybridized carbons (Fsp3) is 0.536. The lowest BCUT2D eigenvalue weighted by Gasteiger charge is -2.50. The van der Waals surface area contributed by atoms with Crippen molar-refractivity contribution >= 4 is 38.9 Å². The van der Waals surface area contributed by atoms with Gasteiger partial charge in [0.1, 0.15) is 22.8 Å². The van der Waals surface area contributed by atoms with Gasteiger partial charge < -0.3 is 26.2 Å². The number of aromatic hydroxyl groups is 1. The largest absolute Gasteiger partial charge is 0.510 e. The van der Waals surface area contributed by atoms with E-state index in [1.54, 1.807) is 27.9 Å². The Bertz CT molecular complexity index is 1610. The van der Waals surface area contributed by atoms with E-state index in [4.69, 9.17) is 17.3 Å². The van der Waals surface area contributed by atoms with Crippen molar-refractivity contribution in [1.29, 1.82) is 0 Å². The number of aliphatic hydroxyl groups excluding tert-OH is 2. The van der Waals surface area contributed by atoms with Gasteiger partial charge in [-0.3, -0.25) is 24.2 Å². The van der Waals surface area contributed by atoms with Gasteiger partial charge in [0.15, 0.2) is 21.2 Å². The van der Waals surface area contributed by atoms with Crippen molar-refractivity contribution in [3.05, 3.63) is 50.4 Å². The molecule has 14 heteroatoms. The summed E-state index contributed by atoms with van der Waals surface area (Å²) in [5, 5.41) is 45.2. The Morgan fingerprint density at radius 2 is 1.86 bits per heavy atom. The van der Waals surface area contributed by atoms with Crippen molar-refractivity contribution < 1.29 is 43.2 Å². The maximum atomic E-state index is 13.8. The molecular formula is C28H34ClN3O9S. The lowest BCUT2D eigenvalue weighted by molar-refractivity contribution is -0.148. The van der Waals surface area contributed by atoms with Crippen LogP contribution in [0.1, 0.15) is 41.8 Å². The van der Waals surface area contributed by atoms with Crippen LogP contribution in [-0.2, 0) is 32.4 Å². The Labute approximate surface area is 248 Å². The number of primary amides is 1. The first-order valence-electron chi connectivity index (χ1n) is 13.5. The predicted octanol–water partition coefficient (Wildman–Crippen LogP) is 0.783. The van der Waals surface area contributed by atoms with Crippen LogP contribution < -0.4 is 5.73 Å². The van der Waals surface area contributed by atoms with Crippen molar-refractivity contribution in [1.82, 2.24) is 9.80 Å². The van der Waals surface area contributed by atoms with E-state index in [0.29, 0.717) is 11.1 Å². The summed E-state index contributed by atoms with van der Waals surface area (Å²) in [7, 11) is -0.164. The van der Waals surface area contributed by atoms with E-state index >= 15 is 0 Å². The first-order valence-corrected chi connectivity index (χ1v) is 15.5. The summed E-state index contributed by atoms with van der Waals surface area (Å²) in [6.45, 7) is 4.04. The van der Waals surface area contributed by atoms with Gasteiger partial charge in [0.2, 0.25) is 5.78 Å². The maximum absolute atomic E-state index is 13.8. The number of carbonyl (C=O) groups excluding carboxylic acids is 3. The Balaban J connectivity index is 1.58. The smallest absolute Gasteiger partial charge is 0.255 e. The van der Waals surface area contributed by atoms with E-state index in [1.165, 1.54) is 11.0 Å². The molecule has 3 aliphatic carbocycles. The molecule has 12 nitrogen and oxygen atoms in total. The first-order chi connectivity index (χ1) is 19.3. The van der Waals surface area contributed by atoms with E-state index in [1.807, 2.05) is 4.90 Å². The van der Waals surface area contributed by atoms with Crippen LogP contribution in [0.5, 0.6) is 5.75 Å². The molecule has 1 saturated heterocycles. The third-order valence-corrected chi connectivity index (χ3v) is 12.3. The number of Topliss-reactive ketones (excluding diaryl/α,β-unsaturated/α-hetero) is 2. The van der Waals surface area contributed by atoms with Crippen LogP contribution in [0.4, 0.5) is 0 Å². The SMILES string of the molecule is CN(C)[C@@H]1C(O)=C(C(N)=O)C(=O)[C@@]2(O)C(O)=C3C(=O)c4c(O)cc(CN5CCS(=O)(=O)C(C)(C)C5)c(Cl)c4C[C@H]3C[C@@H]12. The monoisotopic (exact) mass is 623 g/mol. The normalized spacial score (nSPS) is 30.7. The van der Waals surface area contributed by atoms with Crippen LogP contribution in [0.2, 0.25) is 5.02 Å². The summed E-state index contributed by atoms with van der Waals surface area (Å²) >= 11 is 6.82. The fourth-order valence-corrected chi connectivity index (χ4v) is 8.80. The highest BCUT2D eigenvalue weighted by Crippen LogP contribution is 2.53. The third-order valence-electron chi connectivity index (χ3n) is 9.25. The number of amides is 1. The van der Waals surface area contributed by atoms with Crippen LogP contribution in [0.3, 0.4) is 0 Å². The molecule has 1 fully saturated rings. The Morgan fingerprint density at radius 1 is 1.21 bits per heavy atom. The van der Waals surface area contributed by atoms with E-state index < -0.39 is 78.4 Å². The van der Waals surface area contributed by atoms with Crippen molar-refractivity contribution in [2.24, 2.45) is 17.6 Å². The molecule has 0 bridgehead atoms. The number of nitrogens with zero attached hydrogens (tertiary/aromatic N) is 2. The highest BCUT2D eigenvalue weighted by molar-refractivity contribution is 7.92. The lowest BCUT2D eigenvalue weighted by atomic mass is 9.58. The van der Waals surface area contributed by atoms with Gasteiger partial charge in [0.05, 0.1) is 22.1 Å². The van der Waals surface area contributed by atoms with Gasteiger partial charge >= 0.3 is 0 Å². The summed E-state index contributed by atoms with van der Waals surface area (Å²) in [5.41, 5.74) is 2.14. The van der Waals surface area contributed by atoms with Gasteiger partial charge in [0, 0.05) is 36.1 Å². The number of phenolic OH excluding ortho intramolecular Hbond substituents is 1. The van der Waals surface area contributed by atoms with Gasteiger partial charge in [-0.1, -0.05) is 11.6 Å². The number of carbonyl (C=O) groups is 3. The van der Waals surface area contributed by atoms with Crippen molar-refractivity contribution in [2.45, 2.75) is 49.6 Å². The lowest BCUT2D eigenvalue weighted by Crippen LogP contribution is -2.63. The minimum absolute atomic E-state index is 0.0304. The number of rotatable bonds is 4. The summed E-state index contributed by atoms with van der Waals surface area (Å²) in [6, 6.07) is 0.233. The van der Waals surface area contributed by atoms with Crippen LogP contribution in [0, 0.1) is 11.8 Å². The zero-order valence-electron chi connectivity index (χ0n) is 23.6. The van der Waals surface area contributed by atoms with E-state index in [0.717, 1.165) is 0 Å². The summed E-state index contributed by atoms with van der Waals surface area (Å²) in [5.74, 6) is -7.34. The summed E-state index contributed by atoms with van der Waals surface area (Å²) in [4.78, 5) is 42.7. The molecule has 42 heavy (non-hydrogen) atoms. The average molecular weight is 624 g/mol. The standard InChI is InChI=1S/C28H34ClN3O9S/c1-27(2)11-32(5-6-42(27,40)41)10-13-9-16(33)18-14(20(13)29)7-12-8-15-21(31(3)4)23(35)19(26(30)38)25(37)28(15,39)24(36)17(12)22(18)34/h9,12,15,21,33,35-36,39H,5-8,10-11H2,1-4H3,(H2,30,38)/t12-,15-,21-,28-/m0/s1. The number of fused-ring (bicyclic) bond motifs is 3. The second-order valence-electron chi connectivity index (χ2n) is 12.5. The molecule has 4 atom stereocenters. The highest BCUT2D eigenvalue weighted by atomic mass is 35.5. The summed E-state index contributed by atoms with van der Waals surface area (Å²) < 4.78 is 23.9. The molecule has 5 rings (SSSR count). The maximum Gasteiger partial charge on any atom is 0.255 e. The Kier molecular flexibility index (Phi) is 7.10. The fourth-order valence-electron chi connectivity index (χ4n) is 7.09. The Morgan fingerprint density at radius 3 is 2.43 bits per heavy atom. The number of nitrogens with two attached hydrogens (primary N) is 1. The molecular weight excluding hydrogens is 590 g/mol. The molecule has 4 aliphatic rings. The van der Waals surface area contributed by atoms with Gasteiger partial charge in [0.25, 0.3) is 5.91 Å². The van der Waals surface area contributed by atoms with Crippen LogP contribution in [0.25, 0.3) is 0 Å². The first kappa shape index (κ1) is 30.5. The van der Waals surface area contributed by atoms with E-state index in [-0.39, 0.29) is 54.4 Å². The molecule has 0 spiro atoms. The number of hydrogen-bond acceptors (Lipinski definition) is 11. The number of likely N-dealkylation sites (N-methyl/N-ethyl adjacent to an activating group) is 1. The molecule has 0 unspecified atom stereocenters. The number of halogens is 1. The second kappa shape index (κ2) is 9.78. The quantitative estimate of drug-likeness (QED) is 0.297. The third kappa shape index (κ3) is 4.20. The minimum Gasteiger partial charge on any atom is -0.510 e. The molecule has 1 aromatic rings. The van der Waals surface area contributed by atoms with Crippen molar-refractivity contribution in [3.8, 4) is 5.75 Å². The molecule has 0 radical (unpaired) electrons. The molecule has 0 saturated carbocycles. The van der Waals surface area contributed by atoms with E-state index in [9.17, 15) is 43.2 Å². The number of sulfone groups is 1. The van der Waals surface area contributed by atoms with Gasteiger partial charge in [-0.15, -0.1) is 0 Å². The molecule has 1 aromatic carbocycles. The topological polar surface area (TPSA) is 199 Å². The molecule has 1 amide bonds. The van der Waals surface area contributed by atoms with Crippen LogP contribution in [0.15, 0.2) is 28.7 Å². The minimum atomic E-state index is -3.28. The van der Waals surface area contributed by atoms with E-state index in [2.05, 4.69) is 0 Å². The number of ketones is 2.